The van der Waals surface area contributed by atoms with Crippen molar-refractivity contribution in [3.63, 3.8) is 0 Å². The number of aromatic nitrogens is 6. The van der Waals surface area contributed by atoms with Gasteiger partial charge in [-0.1, -0.05) is 17.3 Å². The van der Waals surface area contributed by atoms with Crippen molar-refractivity contribution in [2.75, 3.05) is 0 Å². The summed E-state index contributed by atoms with van der Waals surface area (Å²) in [5, 5.41) is 28.9. The fraction of sp³-hybridized carbons (Fsp3) is 0.280. The lowest BCUT2D eigenvalue weighted by atomic mass is 9.95. The molecule has 5 N–H and O–H groups in total. The zero-order chi connectivity index (χ0) is 28.2. The highest BCUT2D eigenvalue weighted by atomic mass is 32.2. The van der Waals surface area contributed by atoms with Crippen LogP contribution in [0.15, 0.2) is 53.6 Å². The number of pyridine rings is 2. The highest BCUT2D eigenvalue weighted by Crippen LogP contribution is 2.56. The van der Waals surface area contributed by atoms with Gasteiger partial charge >= 0.3 is 0 Å². The molecule has 0 spiro atoms. The molecule has 0 saturated carbocycles. The number of fused-ring (bicyclic) bond motifs is 2. The molecule has 2 aliphatic rings. The van der Waals surface area contributed by atoms with E-state index in [0.29, 0.717) is 16.9 Å². The highest BCUT2D eigenvalue weighted by molar-refractivity contribution is 8.01. The van der Waals surface area contributed by atoms with Crippen molar-refractivity contribution in [3.8, 4) is 5.75 Å². The Morgan fingerprint density at radius 1 is 1.18 bits per heavy atom. The second kappa shape index (κ2) is 9.44. The summed E-state index contributed by atoms with van der Waals surface area (Å²) in [5.74, 6) is -1.44. The number of H-pyrrole nitrogens is 2. The third-order valence-corrected chi connectivity index (χ3v) is 8.56. The molecular formula is C25H23N9O5S. The smallest absolute Gasteiger partial charge is 0.257 e. The fourth-order valence-corrected chi connectivity index (χ4v) is 6.71. The van der Waals surface area contributed by atoms with Crippen molar-refractivity contribution in [3.05, 3.63) is 76.0 Å². The lowest BCUT2D eigenvalue weighted by Gasteiger charge is -2.44. The van der Waals surface area contributed by atoms with Gasteiger partial charge in [-0.3, -0.25) is 24.2 Å². The van der Waals surface area contributed by atoms with Gasteiger partial charge in [0.05, 0.1) is 5.52 Å². The maximum Gasteiger partial charge on any atom is 0.257 e. The molecule has 4 atom stereocenters. The molecular weight excluding hydrogens is 538 g/mol. The lowest BCUT2D eigenvalue weighted by Crippen LogP contribution is -2.68. The number of carbonyl (C=O) groups is 3. The van der Waals surface area contributed by atoms with Gasteiger partial charge in [-0.15, -0.1) is 22.0 Å². The van der Waals surface area contributed by atoms with Crippen LogP contribution in [0, 0.1) is 0 Å². The van der Waals surface area contributed by atoms with Crippen molar-refractivity contribution < 1.29 is 19.5 Å². The molecule has 6 rings (SSSR count). The molecule has 2 fully saturated rings. The number of tetrazole rings is 1. The van der Waals surface area contributed by atoms with Crippen molar-refractivity contribution >= 4 is 40.5 Å². The molecule has 5 heterocycles. The number of nitrogens with zero attached hydrogens (tertiary/aromatic N) is 5. The van der Waals surface area contributed by atoms with E-state index >= 15 is 0 Å². The molecule has 2 aliphatic heterocycles. The maximum atomic E-state index is 13.6. The molecule has 0 bridgehead atoms. The van der Waals surface area contributed by atoms with Crippen LogP contribution in [0.5, 0.6) is 5.75 Å². The fourth-order valence-electron chi connectivity index (χ4n) is 5.08. The van der Waals surface area contributed by atoms with Gasteiger partial charge < -0.3 is 25.6 Å². The monoisotopic (exact) mass is 561 g/mol. The summed E-state index contributed by atoms with van der Waals surface area (Å²) in [7, 11) is 0. The van der Waals surface area contributed by atoms with Crippen LogP contribution in [-0.2, 0) is 9.59 Å². The zero-order valence-electron chi connectivity index (χ0n) is 21.2. The van der Waals surface area contributed by atoms with E-state index in [0.717, 1.165) is 0 Å². The molecule has 0 aliphatic carbocycles. The van der Waals surface area contributed by atoms with Crippen molar-refractivity contribution in [1.29, 1.82) is 0 Å². The van der Waals surface area contributed by atoms with Crippen LogP contribution in [0.1, 0.15) is 47.7 Å². The summed E-state index contributed by atoms with van der Waals surface area (Å²) in [6.07, 6.45) is 2.70. The van der Waals surface area contributed by atoms with E-state index in [4.69, 9.17) is 0 Å². The third kappa shape index (κ3) is 4.14. The van der Waals surface area contributed by atoms with E-state index in [2.05, 4.69) is 41.2 Å². The van der Waals surface area contributed by atoms with E-state index in [1.54, 1.807) is 17.0 Å². The molecule has 15 heteroatoms. The van der Waals surface area contributed by atoms with Gasteiger partial charge in [0.25, 0.3) is 5.91 Å². The zero-order valence-corrected chi connectivity index (χ0v) is 22.0. The predicted molar refractivity (Wildman–Crippen MR) is 142 cm³/mol. The van der Waals surface area contributed by atoms with E-state index in [1.807, 2.05) is 13.8 Å². The number of aromatic amines is 2. The largest absolute Gasteiger partial charge is 0.508 e. The quantitative estimate of drug-likeness (QED) is 0.207. The Bertz CT molecular complexity index is 1690. The van der Waals surface area contributed by atoms with Gasteiger partial charge in [0.1, 0.15) is 40.3 Å². The average Bonchev–Trinajstić information content (AvgIpc) is 3.55. The van der Waals surface area contributed by atoms with E-state index in [1.165, 1.54) is 48.4 Å². The van der Waals surface area contributed by atoms with Crippen LogP contribution in [-0.4, -0.2) is 74.5 Å². The SMILES string of the molecule is CC1(C)S[C@@H]2C(NC(=O)C(NC(=O)c3c[nH]c4cccnc4c3=O)c3ccc(O)cc3)C(=O)N2C1c1nn[nH]n1. The first-order valence-electron chi connectivity index (χ1n) is 12.3. The van der Waals surface area contributed by atoms with Crippen molar-refractivity contribution in [1.82, 2.24) is 46.1 Å². The minimum Gasteiger partial charge on any atom is -0.508 e. The summed E-state index contributed by atoms with van der Waals surface area (Å²) in [5.41, 5.74) is 0.0501. The first-order chi connectivity index (χ1) is 19.2. The van der Waals surface area contributed by atoms with Crippen LogP contribution < -0.4 is 16.1 Å². The molecule has 3 amide bonds. The molecule has 40 heavy (non-hydrogen) atoms. The Morgan fingerprint density at radius 2 is 1.95 bits per heavy atom. The van der Waals surface area contributed by atoms with Gasteiger partial charge in [-0.2, -0.15) is 5.21 Å². The molecule has 0 radical (unpaired) electrons. The van der Waals surface area contributed by atoms with Crippen molar-refractivity contribution in [2.45, 2.75) is 42.1 Å². The predicted octanol–water partition coefficient (Wildman–Crippen LogP) is 0.533. The topological polar surface area (TPSA) is 199 Å². The first kappa shape index (κ1) is 25.5. The second-order valence-electron chi connectivity index (χ2n) is 9.95. The maximum absolute atomic E-state index is 13.6. The van der Waals surface area contributed by atoms with Crippen molar-refractivity contribution in [2.24, 2.45) is 0 Å². The molecule has 14 nitrogen and oxygen atoms in total. The van der Waals surface area contributed by atoms with Gasteiger partial charge in [0.2, 0.25) is 17.2 Å². The van der Waals surface area contributed by atoms with Gasteiger partial charge in [0.15, 0.2) is 5.82 Å². The summed E-state index contributed by atoms with van der Waals surface area (Å²) in [6.45, 7) is 3.91. The molecule has 2 saturated heterocycles. The number of carbonyl (C=O) groups excluding carboxylic acids is 3. The molecule has 3 aromatic heterocycles. The van der Waals surface area contributed by atoms with Crippen LogP contribution in [0.3, 0.4) is 0 Å². The van der Waals surface area contributed by atoms with E-state index < -0.39 is 40.1 Å². The van der Waals surface area contributed by atoms with Gasteiger partial charge in [-0.05, 0) is 43.7 Å². The molecule has 3 unspecified atom stereocenters. The minimum atomic E-state index is -1.28. The number of hydrogen-bond acceptors (Lipinski definition) is 10. The summed E-state index contributed by atoms with van der Waals surface area (Å²) < 4.78 is -0.459. The first-order valence-corrected chi connectivity index (χ1v) is 13.1. The van der Waals surface area contributed by atoms with Crippen LogP contribution in [0.4, 0.5) is 0 Å². The number of β-lactam (4-membered cyclic amide) rings is 1. The molecule has 4 aromatic rings. The minimum absolute atomic E-state index is 0.0341. The van der Waals surface area contributed by atoms with E-state index in [-0.39, 0.29) is 28.1 Å². The van der Waals surface area contributed by atoms with Crippen LogP contribution in [0.25, 0.3) is 11.0 Å². The molecule has 204 valence electrons. The number of amides is 3. The molecule has 1 aromatic carbocycles. The number of thioether (sulfide) groups is 1. The van der Waals surface area contributed by atoms with Crippen LogP contribution in [0.2, 0.25) is 0 Å². The number of phenols is 1. The normalized spacial score (nSPS) is 21.9. The Kier molecular flexibility index (Phi) is 6.02. The van der Waals surface area contributed by atoms with Gasteiger partial charge in [0, 0.05) is 17.1 Å². The third-order valence-electron chi connectivity index (χ3n) is 6.99. The number of rotatable bonds is 6. The Hall–Kier alpha value is -4.79. The number of benzene rings is 1. The standard InChI is InChI=1S/C25H23N9O5S/c1-25(2)19(20-30-32-33-31-20)34-23(39)17(24(34)40-25)29-22(38)15(11-5-7-12(35)8-6-11)28-21(37)13-10-27-14-4-3-9-26-16(14)18(13)36/h3-10,15,17,19,24,35H,1-2H3,(H,27,36)(H,28,37)(H,29,38)(H,30,31,32,33)/t15?,17?,19?,24-/m1/s1. The summed E-state index contributed by atoms with van der Waals surface area (Å²) in [4.78, 5) is 61.6. The Balaban J connectivity index is 1.26. The lowest BCUT2D eigenvalue weighted by molar-refractivity contribution is -0.152. The Labute approximate surface area is 230 Å². The number of aromatic hydroxyl groups is 1. The average molecular weight is 562 g/mol. The Morgan fingerprint density at radius 3 is 2.67 bits per heavy atom. The van der Waals surface area contributed by atoms with E-state index in [9.17, 15) is 24.3 Å². The van der Waals surface area contributed by atoms with Gasteiger partial charge in [-0.25, -0.2) is 0 Å². The summed E-state index contributed by atoms with van der Waals surface area (Å²) in [6, 6.07) is 6.41. The number of phenolic OH excluding ortho intramolecular Hbond substituents is 1. The number of hydrogen-bond donors (Lipinski definition) is 5. The van der Waals surface area contributed by atoms with Crippen LogP contribution >= 0.6 is 11.8 Å². The number of nitrogens with one attached hydrogen (secondary N) is 4. The second-order valence-corrected chi connectivity index (χ2v) is 11.7. The summed E-state index contributed by atoms with van der Waals surface area (Å²) >= 11 is 1.50. The highest BCUT2D eigenvalue weighted by Gasteiger charge is 2.63.